The third kappa shape index (κ3) is 3.30. The maximum atomic E-state index is 3.54. The molecular weight excluding hydrogens is 232 g/mol. The van der Waals surface area contributed by atoms with Gasteiger partial charge in [-0.05, 0) is 50.5 Å². The number of fused-ring (bicyclic) bond motifs is 1. The molecule has 2 aliphatic rings. The molecular formula is C17H26N2. The lowest BCUT2D eigenvalue weighted by Crippen LogP contribution is -2.29. The second-order valence-electron chi connectivity index (χ2n) is 6.06. The van der Waals surface area contributed by atoms with Crippen LogP contribution in [0.15, 0.2) is 24.3 Å². The van der Waals surface area contributed by atoms with Crippen LogP contribution in [0.2, 0.25) is 0 Å². The van der Waals surface area contributed by atoms with E-state index >= 15 is 0 Å². The fourth-order valence-corrected chi connectivity index (χ4v) is 3.49. The molecule has 1 unspecified atom stereocenters. The Balaban J connectivity index is 1.52. The number of anilines is 1. The van der Waals surface area contributed by atoms with E-state index in [0.717, 1.165) is 12.5 Å². The summed E-state index contributed by atoms with van der Waals surface area (Å²) in [6.07, 6.45) is 8.44. The average Bonchev–Trinajstić information content (AvgIpc) is 2.81. The van der Waals surface area contributed by atoms with Crippen LogP contribution in [-0.4, -0.2) is 31.1 Å². The monoisotopic (exact) mass is 258 g/mol. The topological polar surface area (TPSA) is 15.3 Å². The lowest BCUT2D eigenvalue weighted by atomic mass is 9.97. The summed E-state index contributed by atoms with van der Waals surface area (Å²) in [7, 11) is 0. The Morgan fingerprint density at radius 3 is 2.58 bits per heavy atom. The van der Waals surface area contributed by atoms with Gasteiger partial charge >= 0.3 is 0 Å². The van der Waals surface area contributed by atoms with E-state index in [1.54, 1.807) is 0 Å². The Bertz CT molecular complexity index is 394. The second-order valence-corrected chi connectivity index (χ2v) is 6.06. The van der Waals surface area contributed by atoms with Crippen molar-refractivity contribution in [3.05, 3.63) is 29.8 Å². The number of para-hydroxylation sites is 1. The standard InChI is InChI=1S/C17H26N2/c1-2-6-11-19(12-7-3-1)13-10-15-14-18-17-9-5-4-8-16(15)17/h4-5,8-9,15,18H,1-3,6-7,10-14H2. The summed E-state index contributed by atoms with van der Waals surface area (Å²) in [6, 6.07) is 8.82. The molecule has 1 aromatic rings. The average molecular weight is 258 g/mol. The van der Waals surface area contributed by atoms with E-state index in [1.807, 2.05) is 0 Å². The molecule has 0 amide bonds. The summed E-state index contributed by atoms with van der Waals surface area (Å²) in [5, 5.41) is 3.54. The summed E-state index contributed by atoms with van der Waals surface area (Å²) in [4.78, 5) is 2.69. The van der Waals surface area contributed by atoms with E-state index in [9.17, 15) is 0 Å². The molecule has 2 nitrogen and oxygen atoms in total. The maximum absolute atomic E-state index is 3.54. The van der Waals surface area contributed by atoms with Crippen LogP contribution in [0.4, 0.5) is 5.69 Å². The Hall–Kier alpha value is -1.02. The summed E-state index contributed by atoms with van der Waals surface area (Å²) in [6.45, 7) is 5.05. The second kappa shape index (κ2) is 6.42. The first-order valence-electron chi connectivity index (χ1n) is 7.98. The molecule has 0 aromatic heterocycles. The van der Waals surface area contributed by atoms with Crippen LogP contribution in [0.3, 0.4) is 0 Å². The summed E-state index contributed by atoms with van der Waals surface area (Å²) >= 11 is 0. The molecule has 1 atom stereocenters. The van der Waals surface area contributed by atoms with Crippen LogP contribution >= 0.6 is 0 Å². The number of benzene rings is 1. The lowest BCUT2D eigenvalue weighted by Gasteiger charge is -2.25. The molecule has 3 rings (SSSR count). The van der Waals surface area contributed by atoms with Gasteiger partial charge in [0, 0.05) is 18.2 Å². The first-order valence-corrected chi connectivity index (χ1v) is 7.98. The van der Waals surface area contributed by atoms with Crippen LogP contribution in [0.1, 0.15) is 50.0 Å². The smallest absolute Gasteiger partial charge is 0.0376 e. The van der Waals surface area contributed by atoms with Gasteiger partial charge in [0.25, 0.3) is 0 Å². The molecule has 104 valence electrons. The van der Waals surface area contributed by atoms with Gasteiger partial charge in [-0.3, -0.25) is 0 Å². The molecule has 1 aromatic carbocycles. The molecule has 0 spiro atoms. The highest BCUT2D eigenvalue weighted by atomic mass is 15.1. The van der Waals surface area contributed by atoms with Crippen molar-refractivity contribution < 1.29 is 0 Å². The molecule has 1 saturated heterocycles. The minimum absolute atomic E-state index is 0.724. The van der Waals surface area contributed by atoms with Gasteiger partial charge in [-0.15, -0.1) is 0 Å². The van der Waals surface area contributed by atoms with Gasteiger partial charge < -0.3 is 10.2 Å². The van der Waals surface area contributed by atoms with Gasteiger partial charge in [-0.1, -0.05) is 37.5 Å². The van der Waals surface area contributed by atoms with Crippen LogP contribution in [-0.2, 0) is 0 Å². The van der Waals surface area contributed by atoms with Crippen molar-refractivity contribution in [2.45, 2.75) is 44.4 Å². The molecule has 2 aliphatic heterocycles. The quantitative estimate of drug-likeness (QED) is 0.886. The van der Waals surface area contributed by atoms with E-state index in [2.05, 4.69) is 34.5 Å². The molecule has 0 radical (unpaired) electrons. The van der Waals surface area contributed by atoms with E-state index < -0.39 is 0 Å². The maximum Gasteiger partial charge on any atom is 0.0376 e. The van der Waals surface area contributed by atoms with Crippen LogP contribution in [0, 0.1) is 0 Å². The van der Waals surface area contributed by atoms with Crippen molar-refractivity contribution in [2.75, 3.05) is 31.5 Å². The van der Waals surface area contributed by atoms with Crippen molar-refractivity contribution in [3.63, 3.8) is 0 Å². The summed E-state index contributed by atoms with van der Waals surface area (Å²) < 4.78 is 0. The summed E-state index contributed by atoms with van der Waals surface area (Å²) in [5.41, 5.74) is 2.90. The van der Waals surface area contributed by atoms with Gasteiger partial charge in [0.1, 0.15) is 0 Å². The highest BCUT2D eigenvalue weighted by Crippen LogP contribution is 2.33. The van der Waals surface area contributed by atoms with E-state index in [4.69, 9.17) is 0 Å². The van der Waals surface area contributed by atoms with Crippen molar-refractivity contribution in [2.24, 2.45) is 0 Å². The zero-order chi connectivity index (χ0) is 12.9. The SMILES string of the molecule is c1ccc2c(c1)NCC2CCN1CCCCCCC1. The molecule has 0 saturated carbocycles. The molecule has 2 heteroatoms. The number of hydrogen-bond acceptors (Lipinski definition) is 2. The van der Waals surface area contributed by atoms with Crippen molar-refractivity contribution in [1.29, 1.82) is 0 Å². The number of rotatable bonds is 3. The van der Waals surface area contributed by atoms with Crippen LogP contribution in [0.5, 0.6) is 0 Å². The van der Waals surface area contributed by atoms with Gasteiger partial charge in [0.05, 0.1) is 0 Å². The van der Waals surface area contributed by atoms with Gasteiger partial charge in [0.15, 0.2) is 0 Å². The predicted octanol–water partition coefficient (Wildman–Crippen LogP) is 3.85. The van der Waals surface area contributed by atoms with Gasteiger partial charge in [-0.2, -0.15) is 0 Å². The minimum atomic E-state index is 0.724. The third-order valence-electron chi connectivity index (χ3n) is 4.68. The number of nitrogens with zero attached hydrogens (tertiary/aromatic N) is 1. The zero-order valence-corrected chi connectivity index (χ0v) is 11.9. The number of hydrogen-bond donors (Lipinski definition) is 1. The summed E-state index contributed by atoms with van der Waals surface area (Å²) in [5.74, 6) is 0.724. The fourth-order valence-electron chi connectivity index (χ4n) is 3.49. The predicted molar refractivity (Wildman–Crippen MR) is 81.8 cm³/mol. The Morgan fingerprint density at radius 1 is 1.00 bits per heavy atom. The molecule has 1 N–H and O–H groups in total. The highest BCUT2D eigenvalue weighted by Gasteiger charge is 2.22. The normalized spacial score (nSPS) is 24.3. The van der Waals surface area contributed by atoms with Crippen LogP contribution < -0.4 is 5.32 Å². The molecule has 19 heavy (non-hydrogen) atoms. The first-order chi connectivity index (χ1) is 9.43. The van der Waals surface area contributed by atoms with E-state index in [-0.39, 0.29) is 0 Å². The highest BCUT2D eigenvalue weighted by molar-refractivity contribution is 5.57. The van der Waals surface area contributed by atoms with E-state index in [0.29, 0.717) is 0 Å². The Morgan fingerprint density at radius 2 is 1.74 bits per heavy atom. The fraction of sp³-hybridized carbons (Fsp3) is 0.647. The Labute approximate surface area is 117 Å². The lowest BCUT2D eigenvalue weighted by molar-refractivity contribution is 0.240. The number of likely N-dealkylation sites (tertiary alicyclic amines) is 1. The van der Waals surface area contributed by atoms with E-state index in [1.165, 1.54) is 69.4 Å². The van der Waals surface area contributed by atoms with Crippen molar-refractivity contribution in [3.8, 4) is 0 Å². The number of nitrogens with one attached hydrogen (secondary N) is 1. The molecule has 0 bridgehead atoms. The van der Waals surface area contributed by atoms with Crippen LogP contribution in [0.25, 0.3) is 0 Å². The largest absolute Gasteiger partial charge is 0.384 e. The Kier molecular flexibility index (Phi) is 4.39. The van der Waals surface area contributed by atoms with Crippen molar-refractivity contribution in [1.82, 2.24) is 4.90 Å². The van der Waals surface area contributed by atoms with Gasteiger partial charge in [-0.25, -0.2) is 0 Å². The van der Waals surface area contributed by atoms with Gasteiger partial charge in [0.2, 0.25) is 0 Å². The van der Waals surface area contributed by atoms with Crippen molar-refractivity contribution >= 4 is 5.69 Å². The molecule has 2 heterocycles. The zero-order valence-electron chi connectivity index (χ0n) is 11.9. The molecule has 0 aliphatic carbocycles. The molecule has 1 fully saturated rings. The minimum Gasteiger partial charge on any atom is -0.384 e. The third-order valence-corrected chi connectivity index (χ3v) is 4.68. The first kappa shape index (κ1) is 13.0.